The van der Waals surface area contributed by atoms with Gasteiger partial charge in [-0.3, -0.25) is 33.6 Å². The Morgan fingerprint density at radius 1 is 0.803 bits per heavy atom. The molecule has 3 aliphatic heterocycles. The molecular weight excluding hydrogens is 915 g/mol. The lowest BCUT2D eigenvalue weighted by atomic mass is 10.0. The van der Waals surface area contributed by atoms with Gasteiger partial charge in [0.05, 0.1) is 25.5 Å². The van der Waals surface area contributed by atoms with Crippen LogP contribution in [0.1, 0.15) is 107 Å². The molecule has 0 spiro atoms. The summed E-state index contributed by atoms with van der Waals surface area (Å²) in [7, 11) is 0. The van der Waals surface area contributed by atoms with Crippen molar-refractivity contribution in [2.45, 2.75) is 152 Å². The number of amides is 7. The number of fused-ring (bicyclic) bond motifs is 3. The molecule has 3 aromatic rings. The highest BCUT2D eigenvalue weighted by atomic mass is 16.5. The largest absolute Gasteiger partial charge is 0.508 e. The van der Waals surface area contributed by atoms with Crippen molar-refractivity contribution in [3.05, 3.63) is 71.8 Å². The fourth-order valence-corrected chi connectivity index (χ4v) is 9.42. The highest BCUT2D eigenvalue weighted by Gasteiger charge is 2.45. The standard InChI is InChI=1S/C51H71N9O11/c1-3-4-5-6-7-8-24-71-37-19-16-32-25-34(15-14-33(32)26-37)45(64)55-38-10-9-23-54-48(67)42-27-35(52)28-59(42)51(70)44(30(2)62)58-47(66)39(20-13-31-11-17-36(63)18-12-31)56-49(68)41-21-22-43(53)60(41)50(69)40(29-61)57-46(38)65/h11-12,14-19,25-26,30,35,38-44,61-63H,3-10,13,20-24,27-29,52-53H2,1-2H3,(H,54,67)(H,55,64)(H,56,68)(H,57,65)(H,58,66)/t30-,35-,38-,39-,40-,41-,42-,43+,44-/m0/s1. The third-order valence-corrected chi connectivity index (χ3v) is 13.5. The van der Waals surface area contributed by atoms with Crippen LogP contribution in [0.3, 0.4) is 0 Å². The number of benzene rings is 3. The van der Waals surface area contributed by atoms with E-state index in [1.807, 2.05) is 18.2 Å². The van der Waals surface area contributed by atoms with E-state index in [1.54, 1.807) is 30.3 Å². The van der Waals surface area contributed by atoms with Gasteiger partial charge in [-0.2, -0.15) is 0 Å². The minimum Gasteiger partial charge on any atom is -0.508 e. The number of aromatic hydroxyl groups is 1. The second-order valence-electron chi connectivity index (χ2n) is 18.9. The van der Waals surface area contributed by atoms with E-state index in [0.717, 1.165) is 28.5 Å². The second kappa shape index (κ2) is 25.7. The molecule has 0 unspecified atom stereocenters. The number of aliphatic hydroxyl groups is 2. The molecule has 9 atom stereocenters. The molecule has 3 saturated heterocycles. The molecule has 0 aromatic heterocycles. The molecule has 0 bridgehead atoms. The second-order valence-corrected chi connectivity index (χ2v) is 18.9. The summed E-state index contributed by atoms with van der Waals surface area (Å²) >= 11 is 0. The van der Waals surface area contributed by atoms with Gasteiger partial charge >= 0.3 is 0 Å². The van der Waals surface area contributed by atoms with Gasteiger partial charge in [0.15, 0.2) is 0 Å². The Morgan fingerprint density at radius 2 is 1.51 bits per heavy atom. The molecule has 3 fully saturated rings. The van der Waals surface area contributed by atoms with E-state index in [2.05, 4.69) is 33.5 Å². The number of nitrogens with zero attached hydrogens (tertiary/aromatic N) is 2. The van der Waals surface area contributed by atoms with Crippen molar-refractivity contribution < 1.29 is 53.6 Å². The van der Waals surface area contributed by atoms with E-state index in [9.17, 15) is 48.9 Å². The number of ether oxygens (including phenoxy) is 1. The molecule has 3 heterocycles. The van der Waals surface area contributed by atoms with Crippen LogP contribution in [-0.2, 0) is 35.2 Å². The third-order valence-electron chi connectivity index (χ3n) is 13.5. The summed E-state index contributed by atoms with van der Waals surface area (Å²) < 4.78 is 5.99. The highest BCUT2D eigenvalue weighted by Crippen LogP contribution is 2.26. The van der Waals surface area contributed by atoms with Crippen LogP contribution in [0.5, 0.6) is 11.5 Å². The lowest BCUT2D eigenvalue weighted by Gasteiger charge is -2.33. The van der Waals surface area contributed by atoms with Crippen LogP contribution in [-0.4, -0.2) is 147 Å². The first-order chi connectivity index (χ1) is 34.1. The fraction of sp³-hybridized carbons (Fsp3) is 0.549. The zero-order valence-corrected chi connectivity index (χ0v) is 40.6. The quantitative estimate of drug-likeness (QED) is 0.0951. The van der Waals surface area contributed by atoms with Crippen LogP contribution in [0.2, 0.25) is 0 Å². The molecule has 6 rings (SSSR count). The predicted octanol–water partition coefficient (Wildman–Crippen LogP) is 0.957. The Bertz CT molecular complexity index is 2350. The molecule has 3 aromatic carbocycles. The lowest BCUT2D eigenvalue weighted by Crippen LogP contribution is -2.62. The minimum atomic E-state index is -1.61. The van der Waals surface area contributed by atoms with Crippen LogP contribution < -0.4 is 42.8 Å². The van der Waals surface area contributed by atoms with Crippen LogP contribution in [0.15, 0.2) is 60.7 Å². The molecule has 386 valence electrons. The fourth-order valence-electron chi connectivity index (χ4n) is 9.42. The minimum absolute atomic E-state index is 0.0181. The van der Waals surface area contributed by atoms with E-state index in [-0.39, 0.29) is 69.3 Å². The first-order valence-electron chi connectivity index (χ1n) is 24.9. The zero-order valence-electron chi connectivity index (χ0n) is 40.6. The normalized spacial score (nSPS) is 25.5. The van der Waals surface area contributed by atoms with Crippen molar-refractivity contribution in [2.75, 3.05) is 26.3 Å². The number of aryl methyl sites for hydroxylation is 1. The van der Waals surface area contributed by atoms with Crippen LogP contribution in [0.4, 0.5) is 0 Å². The monoisotopic (exact) mass is 986 g/mol. The van der Waals surface area contributed by atoms with Gasteiger partial charge in [-0.1, -0.05) is 63.3 Å². The summed E-state index contributed by atoms with van der Waals surface area (Å²) in [6, 6.07) is 8.04. The van der Waals surface area contributed by atoms with Crippen LogP contribution in [0, 0.1) is 0 Å². The van der Waals surface area contributed by atoms with Crippen molar-refractivity contribution in [3.8, 4) is 11.5 Å². The van der Waals surface area contributed by atoms with Gasteiger partial charge in [0, 0.05) is 24.7 Å². The van der Waals surface area contributed by atoms with Gasteiger partial charge in [0.2, 0.25) is 35.4 Å². The molecule has 0 saturated carbocycles. The molecule has 0 aliphatic carbocycles. The number of hydrogen-bond acceptors (Lipinski definition) is 13. The third kappa shape index (κ3) is 14.4. The van der Waals surface area contributed by atoms with Gasteiger partial charge < -0.3 is 67.9 Å². The summed E-state index contributed by atoms with van der Waals surface area (Å²) in [5, 5.41) is 46.2. The van der Waals surface area contributed by atoms with E-state index in [1.165, 1.54) is 49.6 Å². The molecule has 12 N–H and O–H groups in total. The number of rotatable bonds is 15. The summed E-state index contributed by atoms with van der Waals surface area (Å²) in [5.74, 6) is -4.60. The van der Waals surface area contributed by atoms with Gasteiger partial charge in [-0.25, -0.2) is 0 Å². The van der Waals surface area contributed by atoms with E-state index in [0.29, 0.717) is 17.9 Å². The molecule has 7 amide bonds. The van der Waals surface area contributed by atoms with Gasteiger partial charge in [-0.05, 0) is 111 Å². The Hall–Kier alpha value is -6.35. The van der Waals surface area contributed by atoms with E-state index >= 15 is 0 Å². The Balaban J connectivity index is 1.24. The molecule has 20 heteroatoms. The van der Waals surface area contributed by atoms with E-state index < -0.39 is 103 Å². The van der Waals surface area contributed by atoms with Crippen molar-refractivity contribution in [1.82, 2.24) is 36.4 Å². The number of hydrogen-bond donors (Lipinski definition) is 10. The van der Waals surface area contributed by atoms with Crippen LogP contribution in [0.25, 0.3) is 10.8 Å². The SMILES string of the molecule is CCCCCCCCOc1ccc2cc(C(=O)N[C@H]3CCCNC(=O)[C@@H]4C[C@H](N)CN4C(=O)[C@H]([C@H](C)O)NC(=O)[C@H](CCc4ccc(O)cc4)NC(=O)[C@@H]4CC[C@H](N)N4C(=O)[C@H](CO)NC3=O)ccc2c1. The van der Waals surface area contributed by atoms with Crippen molar-refractivity contribution in [1.29, 1.82) is 0 Å². The Kier molecular flexibility index (Phi) is 19.5. The summed E-state index contributed by atoms with van der Waals surface area (Å²) in [5.41, 5.74) is 13.6. The lowest BCUT2D eigenvalue weighted by molar-refractivity contribution is -0.145. The number of nitrogens with two attached hydrogens (primary N) is 2. The average Bonchev–Trinajstić information content (AvgIpc) is 3.95. The Labute approximate surface area is 414 Å². The maximum atomic E-state index is 14.3. The first-order valence-corrected chi connectivity index (χ1v) is 24.9. The topological polar surface area (TPSA) is 308 Å². The number of phenolic OH excluding ortho intramolecular Hbond substituents is 1. The summed E-state index contributed by atoms with van der Waals surface area (Å²) in [6.07, 6.45) is 4.87. The van der Waals surface area contributed by atoms with Gasteiger partial charge in [0.1, 0.15) is 47.8 Å². The first kappa shape index (κ1) is 54.0. The maximum absolute atomic E-state index is 14.3. The molecule has 71 heavy (non-hydrogen) atoms. The molecular formula is C51H71N9O11. The Morgan fingerprint density at radius 3 is 2.24 bits per heavy atom. The predicted molar refractivity (Wildman–Crippen MR) is 263 cm³/mol. The zero-order chi connectivity index (χ0) is 51.2. The van der Waals surface area contributed by atoms with E-state index in [4.69, 9.17) is 16.2 Å². The number of phenols is 1. The number of unbranched alkanes of at least 4 members (excludes halogenated alkanes) is 5. The van der Waals surface area contributed by atoms with Crippen molar-refractivity contribution in [2.24, 2.45) is 11.5 Å². The molecule has 3 aliphatic rings. The molecule has 0 radical (unpaired) electrons. The highest BCUT2D eigenvalue weighted by molar-refractivity contribution is 6.02. The number of carbonyl (C=O) groups excluding carboxylic acids is 7. The maximum Gasteiger partial charge on any atom is 0.251 e. The smallest absolute Gasteiger partial charge is 0.251 e. The number of nitrogens with one attached hydrogen (secondary N) is 5. The summed E-state index contributed by atoms with van der Waals surface area (Å²) in [6.45, 7) is 3.09. The number of aliphatic hydroxyl groups excluding tert-OH is 2. The van der Waals surface area contributed by atoms with Crippen LogP contribution >= 0.6 is 0 Å². The number of carbonyl (C=O) groups is 7. The van der Waals surface area contributed by atoms with Gasteiger partial charge in [0.25, 0.3) is 5.91 Å². The average molecular weight is 986 g/mol. The summed E-state index contributed by atoms with van der Waals surface area (Å²) in [4.78, 5) is 101. The van der Waals surface area contributed by atoms with Crippen molar-refractivity contribution in [3.63, 3.8) is 0 Å². The van der Waals surface area contributed by atoms with Crippen molar-refractivity contribution >= 4 is 52.1 Å². The molecule has 20 nitrogen and oxygen atoms in total. The van der Waals surface area contributed by atoms with Gasteiger partial charge in [-0.15, -0.1) is 0 Å².